The van der Waals surface area contributed by atoms with Crippen LogP contribution in [0.15, 0.2) is 58.1 Å². The van der Waals surface area contributed by atoms with E-state index in [2.05, 4.69) is 45.1 Å². The number of aromatic amines is 1. The van der Waals surface area contributed by atoms with Gasteiger partial charge in [-0.3, -0.25) is 23.8 Å². The molecule has 3 heterocycles. The van der Waals surface area contributed by atoms with Gasteiger partial charge in [0.05, 0.1) is 6.54 Å². The summed E-state index contributed by atoms with van der Waals surface area (Å²) in [6, 6.07) is 16.2. The first-order valence-corrected chi connectivity index (χ1v) is 11.7. The van der Waals surface area contributed by atoms with Crippen molar-refractivity contribution >= 4 is 28.7 Å². The SMILES string of the molecule is Cc1ccc(Cn2c(N3CCN(Cc4ccccc4Cl)CC3)nc3c2c(=O)[nH]c(=O)n3C)cc1. The predicted octanol–water partition coefficient (Wildman–Crippen LogP) is 2.76. The Kier molecular flexibility index (Phi) is 6.02. The highest BCUT2D eigenvalue weighted by molar-refractivity contribution is 6.31. The Morgan fingerprint density at radius 3 is 2.38 bits per heavy atom. The minimum absolute atomic E-state index is 0.398. The smallest absolute Gasteiger partial charge is 0.329 e. The Balaban J connectivity index is 1.47. The van der Waals surface area contributed by atoms with Gasteiger partial charge in [0.15, 0.2) is 11.2 Å². The molecular weight excluding hydrogens is 452 g/mol. The largest absolute Gasteiger partial charge is 0.340 e. The van der Waals surface area contributed by atoms with Gasteiger partial charge in [-0.15, -0.1) is 0 Å². The molecule has 0 atom stereocenters. The summed E-state index contributed by atoms with van der Waals surface area (Å²) in [5.41, 5.74) is 3.29. The standard InChI is InChI=1S/C25H27ClN6O2/c1-17-7-9-18(10-8-17)15-32-21-22(29(2)25(34)28-23(21)33)27-24(32)31-13-11-30(12-14-31)16-19-5-3-4-6-20(19)26/h3-10H,11-16H2,1-2H3,(H,28,33,34). The minimum Gasteiger partial charge on any atom is -0.340 e. The van der Waals surface area contributed by atoms with E-state index in [1.54, 1.807) is 7.05 Å². The van der Waals surface area contributed by atoms with Crippen molar-refractivity contribution in [2.75, 3.05) is 31.1 Å². The number of hydrogen-bond donors (Lipinski definition) is 1. The lowest BCUT2D eigenvalue weighted by atomic mass is 10.1. The maximum absolute atomic E-state index is 12.8. The van der Waals surface area contributed by atoms with Crippen LogP contribution in [-0.4, -0.2) is 50.2 Å². The zero-order valence-corrected chi connectivity index (χ0v) is 20.0. The van der Waals surface area contributed by atoms with Crippen molar-refractivity contribution in [1.29, 1.82) is 0 Å². The number of aromatic nitrogens is 4. The van der Waals surface area contributed by atoms with Crippen LogP contribution in [-0.2, 0) is 20.1 Å². The molecule has 9 heteroatoms. The number of H-pyrrole nitrogens is 1. The molecule has 0 radical (unpaired) electrons. The average Bonchev–Trinajstić information content (AvgIpc) is 3.21. The molecule has 5 rings (SSSR count). The lowest BCUT2D eigenvalue weighted by Gasteiger charge is -2.35. The molecule has 0 spiro atoms. The fraction of sp³-hybridized carbons (Fsp3) is 0.320. The minimum atomic E-state index is -0.464. The normalized spacial score (nSPS) is 14.7. The molecule has 1 aliphatic heterocycles. The van der Waals surface area contributed by atoms with Crippen LogP contribution >= 0.6 is 11.6 Å². The molecule has 0 unspecified atom stereocenters. The van der Waals surface area contributed by atoms with Crippen LogP contribution in [0, 0.1) is 6.92 Å². The number of nitrogens with zero attached hydrogens (tertiary/aromatic N) is 5. The summed E-state index contributed by atoms with van der Waals surface area (Å²) in [7, 11) is 1.63. The van der Waals surface area contributed by atoms with Crippen LogP contribution < -0.4 is 16.1 Å². The summed E-state index contributed by atoms with van der Waals surface area (Å²) in [6.45, 7) is 6.53. The van der Waals surface area contributed by atoms with Crippen molar-refractivity contribution in [2.45, 2.75) is 20.0 Å². The van der Waals surface area contributed by atoms with Crippen molar-refractivity contribution in [3.8, 4) is 0 Å². The van der Waals surface area contributed by atoms with Crippen LogP contribution in [0.25, 0.3) is 11.2 Å². The molecule has 4 aromatic rings. The molecule has 0 amide bonds. The van der Waals surface area contributed by atoms with Crippen molar-refractivity contribution in [3.05, 3.63) is 91.1 Å². The molecule has 1 saturated heterocycles. The van der Waals surface area contributed by atoms with Crippen molar-refractivity contribution in [2.24, 2.45) is 7.05 Å². The number of aryl methyl sites for hydroxylation is 2. The van der Waals surface area contributed by atoms with Gasteiger partial charge < -0.3 is 4.90 Å². The molecule has 2 aromatic heterocycles. The van der Waals surface area contributed by atoms with Crippen LogP contribution in [0.4, 0.5) is 5.95 Å². The molecule has 1 fully saturated rings. The number of piperazine rings is 1. The molecule has 176 valence electrons. The van der Waals surface area contributed by atoms with E-state index < -0.39 is 11.2 Å². The van der Waals surface area contributed by atoms with Crippen molar-refractivity contribution < 1.29 is 0 Å². The van der Waals surface area contributed by atoms with E-state index in [0.29, 0.717) is 23.7 Å². The van der Waals surface area contributed by atoms with Crippen LogP contribution in [0.5, 0.6) is 0 Å². The number of benzene rings is 2. The third kappa shape index (κ3) is 4.26. The Hall–Kier alpha value is -3.36. The summed E-state index contributed by atoms with van der Waals surface area (Å²) in [4.78, 5) is 36.8. The predicted molar refractivity (Wildman–Crippen MR) is 135 cm³/mol. The van der Waals surface area contributed by atoms with Gasteiger partial charge in [0.25, 0.3) is 5.56 Å². The number of hydrogen-bond acceptors (Lipinski definition) is 5. The molecule has 0 aliphatic carbocycles. The molecular formula is C25H27ClN6O2. The van der Waals surface area contributed by atoms with Gasteiger partial charge in [0.2, 0.25) is 5.95 Å². The second-order valence-corrected chi connectivity index (χ2v) is 9.24. The summed E-state index contributed by atoms with van der Waals surface area (Å²) in [5, 5.41) is 0.782. The highest BCUT2D eigenvalue weighted by Gasteiger charge is 2.25. The van der Waals surface area contributed by atoms with Gasteiger partial charge in [-0.1, -0.05) is 59.6 Å². The first-order chi connectivity index (χ1) is 16.4. The Labute approximate surface area is 202 Å². The Morgan fingerprint density at radius 1 is 0.971 bits per heavy atom. The highest BCUT2D eigenvalue weighted by Crippen LogP contribution is 2.24. The fourth-order valence-corrected chi connectivity index (χ4v) is 4.66. The van der Waals surface area contributed by atoms with Crippen molar-refractivity contribution in [1.82, 2.24) is 24.0 Å². The molecule has 2 aromatic carbocycles. The average molecular weight is 479 g/mol. The van der Waals surface area contributed by atoms with Gasteiger partial charge in [-0.05, 0) is 24.1 Å². The number of anilines is 1. The molecule has 8 nitrogen and oxygen atoms in total. The number of halogens is 1. The van der Waals surface area contributed by atoms with E-state index in [4.69, 9.17) is 16.6 Å². The number of fused-ring (bicyclic) bond motifs is 1. The molecule has 0 bridgehead atoms. The zero-order valence-electron chi connectivity index (χ0n) is 19.3. The topological polar surface area (TPSA) is 79.2 Å². The van der Waals surface area contributed by atoms with Gasteiger partial charge in [-0.2, -0.15) is 4.98 Å². The van der Waals surface area contributed by atoms with E-state index in [0.717, 1.165) is 48.9 Å². The summed E-state index contributed by atoms with van der Waals surface area (Å²) < 4.78 is 3.33. The number of nitrogens with one attached hydrogen (secondary N) is 1. The van der Waals surface area contributed by atoms with E-state index in [1.807, 2.05) is 29.7 Å². The molecule has 34 heavy (non-hydrogen) atoms. The summed E-state index contributed by atoms with van der Waals surface area (Å²) in [5.74, 6) is 0.708. The van der Waals surface area contributed by atoms with Gasteiger partial charge >= 0.3 is 5.69 Å². The van der Waals surface area contributed by atoms with Gasteiger partial charge in [0.1, 0.15) is 0 Å². The fourth-order valence-electron chi connectivity index (χ4n) is 4.46. The van der Waals surface area contributed by atoms with Crippen LogP contribution in [0.3, 0.4) is 0 Å². The Bertz CT molecular complexity index is 1450. The third-order valence-electron chi connectivity index (χ3n) is 6.46. The van der Waals surface area contributed by atoms with Crippen molar-refractivity contribution in [3.63, 3.8) is 0 Å². The second-order valence-electron chi connectivity index (χ2n) is 8.83. The van der Waals surface area contributed by atoms with E-state index in [1.165, 1.54) is 10.1 Å². The zero-order chi connectivity index (χ0) is 23.8. The highest BCUT2D eigenvalue weighted by atomic mass is 35.5. The van der Waals surface area contributed by atoms with Crippen LogP contribution in [0.2, 0.25) is 5.02 Å². The first kappa shape index (κ1) is 22.4. The maximum atomic E-state index is 12.8. The van der Waals surface area contributed by atoms with Crippen LogP contribution in [0.1, 0.15) is 16.7 Å². The maximum Gasteiger partial charge on any atom is 0.329 e. The molecule has 1 aliphatic rings. The number of rotatable bonds is 5. The Morgan fingerprint density at radius 2 is 1.68 bits per heavy atom. The van der Waals surface area contributed by atoms with Gasteiger partial charge in [0, 0.05) is 44.8 Å². The second kappa shape index (κ2) is 9.12. The van der Waals surface area contributed by atoms with E-state index >= 15 is 0 Å². The third-order valence-corrected chi connectivity index (χ3v) is 6.82. The molecule has 1 N–H and O–H groups in total. The van der Waals surface area contributed by atoms with E-state index in [9.17, 15) is 9.59 Å². The summed E-state index contributed by atoms with van der Waals surface area (Å²) >= 11 is 6.35. The van der Waals surface area contributed by atoms with E-state index in [-0.39, 0.29) is 0 Å². The monoisotopic (exact) mass is 478 g/mol. The lowest BCUT2D eigenvalue weighted by molar-refractivity contribution is 0.248. The quantitative estimate of drug-likeness (QED) is 0.477. The number of imidazole rings is 1. The summed E-state index contributed by atoms with van der Waals surface area (Å²) in [6.07, 6.45) is 0. The van der Waals surface area contributed by atoms with Gasteiger partial charge in [-0.25, -0.2) is 4.79 Å². The molecule has 0 saturated carbocycles. The first-order valence-electron chi connectivity index (χ1n) is 11.4. The lowest BCUT2D eigenvalue weighted by Crippen LogP contribution is -2.47.